The zero-order valence-electron chi connectivity index (χ0n) is 8.83. The van der Waals surface area contributed by atoms with E-state index in [1.807, 2.05) is 0 Å². The van der Waals surface area contributed by atoms with Crippen molar-refractivity contribution in [2.75, 3.05) is 23.0 Å². The SMILES string of the molecule is O=C1CSCCN1c1ccc(C(F)(F)F)cc1. The molecule has 0 unspecified atom stereocenters. The summed E-state index contributed by atoms with van der Waals surface area (Å²) in [5.74, 6) is 1.15. The van der Waals surface area contributed by atoms with E-state index in [-0.39, 0.29) is 5.91 Å². The number of carbonyl (C=O) groups is 1. The Kier molecular flexibility index (Phi) is 3.33. The number of benzene rings is 1. The molecule has 1 aromatic rings. The second-order valence-electron chi connectivity index (χ2n) is 3.64. The molecule has 1 aliphatic rings. The second kappa shape index (κ2) is 4.60. The Hall–Kier alpha value is -1.17. The summed E-state index contributed by atoms with van der Waals surface area (Å²) in [6.07, 6.45) is -4.33. The van der Waals surface area contributed by atoms with Gasteiger partial charge in [-0.2, -0.15) is 24.9 Å². The molecule has 0 bridgehead atoms. The minimum Gasteiger partial charge on any atom is -0.311 e. The molecule has 2 nitrogen and oxygen atoms in total. The van der Waals surface area contributed by atoms with Crippen molar-refractivity contribution in [2.45, 2.75) is 6.18 Å². The van der Waals surface area contributed by atoms with Gasteiger partial charge in [-0.25, -0.2) is 0 Å². The van der Waals surface area contributed by atoms with E-state index in [1.165, 1.54) is 28.8 Å². The standard InChI is InChI=1S/C11H10F3NOS/c12-11(13,14)8-1-3-9(4-2-8)15-5-6-17-7-10(15)16/h1-4H,5-7H2. The number of amides is 1. The Labute approximate surface area is 101 Å². The van der Waals surface area contributed by atoms with Crippen LogP contribution in [0.4, 0.5) is 18.9 Å². The molecule has 6 heteroatoms. The summed E-state index contributed by atoms with van der Waals surface area (Å²) in [4.78, 5) is 13.1. The molecule has 0 spiro atoms. The van der Waals surface area contributed by atoms with Gasteiger partial charge in [-0.05, 0) is 24.3 Å². The van der Waals surface area contributed by atoms with E-state index in [9.17, 15) is 18.0 Å². The monoisotopic (exact) mass is 261 g/mol. The van der Waals surface area contributed by atoms with Crippen molar-refractivity contribution >= 4 is 23.4 Å². The first-order valence-electron chi connectivity index (χ1n) is 5.04. The first-order valence-corrected chi connectivity index (χ1v) is 6.19. The van der Waals surface area contributed by atoms with Crippen molar-refractivity contribution < 1.29 is 18.0 Å². The summed E-state index contributed by atoms with van der Waals surface area (Å²) < 4.78 is 37.1. The lowest BCUT2D eigenvalue weighted by molar-refractivity contribution is -0.137. The average Bonchev–Trinajstić information content (AvgIpc) is 2.29. The number of hydrogen-bond acceptors (Lipinski definition) is 2. The van der Waals surface area contributed by atoms with Gasteiger partial charge in [0.15, 0.2) is 0 Å². The summed E-state index contributed by atoms with van der Waals surface area (Å²) in [5, 5.41) is 0. The van der Waals surface area contributed by atoms with Crippen LogP contribution < -0.4 is 4.90 Å². The number of thioether (sulfide) groups is 1. The fraction of sp³-hybridized carbons (Fsp3) is 0.364. The summed E-state index contributed by atoms with van der Waals surface area (Å²) in [5.41, 5.74) is -0.164. The van der Waals surface area contributed by atoms with Gasteiger partial charge in [-0.15, -0.1) is 0 Å². The lowest BCUT2D eigenvalue weighted by atomic mass is 10.2. The molecule has 0 radical (unpaired) electrons. The quantitative estimate of drug-likeness (QED) is 0.774. The van der Waals surface area contributed by atoms with Crippen LogP contribution in [0.15, 0.2) is 24.3 Å². The van der Waals surface area contributed by atoms with Crippen molar-refractivity contribution in [3.8, 4) is 0 Å². The predicted octanol–water partition coefficient (Wildman–Crippen LogP) is 2.79. The van der Waals surface area contributed by atoms with Crippen LogP contribution in [0.2, 0.25) is 0 Å². The molecule has 0 atom stereocenters. The molecular weight excluding hydrogens is 251 g/mol. The molecule has 1 aromatic carbocycles. The third-order valence-corrected chi connectivity index (χ3v) is 3.41. The number of halogens is 3. The maximum Gasteiger partial charge on any atom is 0.416 e. The predicted molar refractivity (Wildman–Crippen MR) is 61.1 cm³/mol. The molecule has 1 fully saturated rings. The van der Waals surface area contributed by atoms with Gasteiger partial charge in [0.1, 0.15) is 0 Å². The van der Waals surface area contributed by atoms with Crippen LogP contribution in [0.1, 0.15) is 5.56 Å². The number of anilines is 1. The maximum atomic E-state index is 12.4. The minimum atomic E-state index is -4.33. The molecule has 1 aliphatic heterocycles. The summed E-state index contributed by atoms with van der Waals surface area (Å²) in [6, 6.07) is 4.70. The number of hydrogen-bond donors (Lipinski definition) is 0. The molecule has 0 aliphatic carbocycles. The van der Waals surface area contributed by atoms with E-state index in [2.05, 4.69) is 0 Å². The smallest absolute Gasteiger partial charge is 0.311 e. The first kappa shape index (κ1) is 12.3. The third kappa shape index (κ3) is 2.74. The van der Waals surface area contributed by atoms with Crippen molar-refractivity contribution in [2.24, 2.45) is 0 Å². The van der Waals surface area contributed by atoms with E-state index < -0.39 is 11.7 Å². The average molecular weight is 261 g/mol. The van der Waals surface area contributed by atoms with E-state index in [0.29, 0.717) is 18.0 Å². The van der Waals surface area contributed by atoms with Crippen molar-refractivity contribution in [1.82, 2.24) is 0 Å². The highest BCUT2D eigenvalue weighted by molar-refractivity contribution is 8.00. The first-order chi connectivity index (χ1) is 7.98. The van der Waals surface area contributed by atoms with E-state index >= 15 is 0 Å². The van der Waals surface area contributed by atoms with Crippen LogP contribution in [-0.2, 0) is 11.0 Å². The maximum absolute atomic E-state index is 12.4. The summed E-state index contributed by atoms with van der Waals surface area (Å²) in [6.45, 7) is 0.550. The number of carbonyl (C=O) groups excluding carboxylic acids is 1. The van der Waals surface area contributed by atoms with Crippen molar-refractivity contribution in [3.05, 3.63) is 29.8 Å². The van der Waals surface area contributed by atoms with Crippen molar-refractivity contribution in [1.29, 1.82) is 0 Å². The Morgan fingerprint density at radius 1 is 1.18 bits per heavy atom. The van der Waals surface area contributed by atoms with Gasteiger partial charge in [0.25, 0.3) is 0 Å². The zero-order chi connectivity index (χ0) is 12.5. The topological polar surface area (TPSA) is 20.3 Å². The molecule has 0 aromatic heterocycles. The normalized spacial score (nSPS) is 17.4. The Morgan fingerprint density at radius 3 is 2.35 bits per heavy atom. The fourth-order valence-corrected chi connectivity index (χ4v) is 2.41. The zero-order valence-corrected chi connectivity index (χ0v) is 9.64. The highest BCUT2D eigenvalue weighted by Gasteiger charge is 2.30. The summed E-state index contributed by atoms with van der Waals surface area (Å²) >= 11 is 1.54. The molecular formula is C11H10F3NOS. The van der Waals surface area contributed by atoms with Gasteiger partial charge in [0.05, 0.1) is 11.3 Å². The molecule has 1 heterocycles. The van der Waals surface area contributed by atoms with Gasteiger partial charge >= 0.3 is 6.18 Å². The van der Waals surface area contributed by atoms with Gasteiger partial charge in [-0.3, -0.25) is 4.79 Å². The largest absolute Gasteiger partial charge is 0.416 e. The summed E-state index contributed by atoms with van der Waals surface area (Å²) in [7, 11) is 0. The molecule has 1 saturated heterocycles. The van der Waals surface area contributed by atoms with Gasteiger partial charge in [0.2, 0.25) is 5.91 Å². The molecule has 1 amide bonds. The van der Waals surface area contributed by atoms with Crippen molar-refractivity contribution in [3.63, 3.8) is 0 Å². The van der Waals surface area contributed by atoms with Gasteiger partial charge in [-0.1, -0.05) is 0 Å². The lowest BCUT2D eigenvalue weighted by Gasteiger charge is -2.26. The van der Waals surface area contributed by atoms with Crippen LogP contribution >= 0.6 is 11.8 Å². The van der Waals surface area contributed by atoms with Crippen LogP contribution in [0, 0.1) is 0 Å². The molecule has 17 heavy (non-hydrogen) atoms. The molecule has 2 rings (SSSR count). The lowest BCUT2D eigenvalue weighted by Crippen LogP contribution is -2.38. The number of nitrogens with zero attached hydrogens (tertiary/aromatic N) is 1. The van der Waals surface area contributed by atoms with Gasteiger partial charge < -0.3 is 4.90 Å². The van der Waals surface area contributed by atoms with E-state index in [0.717, 1.165) is 17.9 Å². The van der Waals surface area contributed by atoms with E-state index in [1.54, 1.807) is 0 Å². The van der Waals surface area contributed by atoms with Crippen LogP contribution in [0.25, 0.3) is 0 Å². The Balaban J connectivity index is 2.20. The van der Waals surface area contributed by atoms with Crippen LogP contribution in [0.5, 0.6) is 0 Å². The highest BCUT2D eigenvalue weighted by atomic mass is 32.2. The molecule has 92 valence electrons. The third-order valence-electron chi connectivity index (χ3n) is 2.49. The minimum absolute atomic E-state index is 0.0546. The second-order valence-corrected chi connectivity index (χ2v) is 4.75. The number of rotatable bonds is 1. The highest BCUT2D eigenvalue weighted by Crippen LogP contribution is 2.31. The van der Waals surface area contributed by atoms with Crippen LogP contribution in [-0.4, -0.2) is 24.0 Å². The van der Waals surface area contributed by atoms with Gasteiger partial charge in [0, 0.05) is 18.0 Å². The Morgan fingerprint density at radius 2 is 1.82 bits per heavy atom. The Bertz CT molecular complexity index is 416. The van der Waals surface area contributed by atoms with Crippen LogP contribution in [0.3, 0.4) is 0 Å². The van der Waals surface area contributed by atoms with E-state index in [4.69, 9.17) is 0 Å². The molecule has 0 N–H and O–H groups in total. The molecule has 0 saturated carbocycles. The number of alkyl halides is 3. The fourth-order valence-electron chi connectivity index (χ4n) is 1.62.